The van der Waals surface area contributed by atoms with Crippen LogP contribution >= 0.6 is 0 Å². The van der Waals surface area contributed by atoms with Gasteiger partial charge in [0.2, 0.25) is 5.91 Å². The first-order valence-corrected chi connectivity index (χ1v) is 8.96. The number of carbonyl (C=O) groups excluding carboxylic acids is 2. The van der Waals surface area contributed by atoms with E-state index in [4.69, 9.17) is 0 Å². The predicted molar refractivity (Wildman–Crippen MR) is 99.8 cm³/mol. The molecule has 2 amide bonds. The van der Waals surface area contributed by atoms with E-state index in [1.165, 1.54) is 12.1 Å². The molecule has 2 aromatic rings. The molecule has 1 atom stereocenters. The highest BCUT2D eigenvalue weighted by atomic mass is 19.3. The minimum Gasteiger partial charge on any atom is -0.435 e. The third kappa shape index (κ3) is 6.96. The molecule has 0 fully saturated rings. The van der Waals surface area contributed by atoms with Crippen molar-refractivity contribution in [2.75, 3.05) is 19.6 Å². The number of carbonyl (C=O) groups is 2. The molecule has 0 aliphatic heterocycles. The summed E-state index contributed by atoms with van der Waals surface area (Å²) in [5.41, 5.74) is 1.80. The Balaban J connectivity index is 2.04. The fourth-order valence-corrected chi connectivity index (χ4v) is 2.72. The van der Waals surface area contributed by atoms with Crippen LogP contribution in [-0.4, -0.2) is 38.1 Å². The Morgan fingerprint density at radius 3 is 2.21 bits per heavy atom. The summed E-state index contributed by atoms with van der Waals surface area (Å²) in [5.74, 6) is -0.444. The zero-order chi connectivity index (χ0) is 20.4. The third-order valence-corrected chi connectivity index (χ3v) is 3.98. The summed E-state index contributed by atoms with van der Waals surface area (Å²) in [6.07, 6.45) is 0. The van der Waals surface area contributed by atoms with Crippen molar-refractivity contribution in [1.82, 2.24) is 10.6 Å². The summed E-state index contributed by atoms with van der Waals surface area (Å²) in [5, 5.41) is 7.00. The largest absolute Gasteiger partial charge is 0.435 e. The first-order valence-electron chi connectivity index (χ1n) is 8.96. The normalized spacial score (nSPS) is 11.7. The Labute approximate surface area is 162 Å². The molecule has 2 rings (SSSR count). The van der Waals surface area contributed by atoms with E-state index in [0.29, 0.717) is 6.54 Å². The van der Waals surface area contributed by atoms with E-state index < -0.39 is 6.61 Å². The summed E-state index contributed by atoms with van der Waals surface area (Å²) in [6, 6.07) is 15.6. The minimum absolute atomic E-state index is 0.0732. The first-order chi connectivity index (χ1) is 13.5. The third-order valence-electron chi connectivity index (χ3n) is 3.98. The number of nitrogens with one attached hydrogen (secondary N) is 2. The lowest BCUT2D eigenvalue weighted by Crippen LogP contribution is -2.87. The van der Waals surface area contributed by atoms with Crippen molar-refractivity contribution >= 4 is 11.8 Å². The van der Waals surface area contributed by atoms with E-state index in [0.717, 1.165) is 11.1 Å². The fourth-order valence-electron chi connectivity index (χ4n) is 2.72. The number of nitrogens with two attached hydrogens (primary N) is 1. The summed E-state index contributed by atoms with van der Waals surface area (Å²) in [6.45, 7) is -0.543. The maximum Gasteiger partial charge on any atom is 0.387 e. The molecule has 28 heavy (non-hydrogen) atoms. The summed E-state index contributed by atoms with van der Waals surface area (Å²) >= 11 is 0. The van der Waals surface area contributed by atoms with Gasteiger partial charge in [0.05, 0.1) is 6.54 Å². The second kappa shape index (κ2) is 11.0. The Morgan fingerprint density at radius 1 is 0.964 bits per heavy atom. The van der Waals surface area contributed by atoms with Gasteiger partial charge in [0.15, 0.2) is 6.54 Å². The van der Waals surface area contributed by atoms with Gasteiger partial charge >= 0.3 is 6.61 Å². The Hall–Kier alpha value is -3.00. The molecule has 0 aliphatic rings. The van der Waals surface area contributed by atoms with Crippen molar-refractivity contribution in [2.45, 2.75) is 19.6 Å². The van der Waals surface area contributed by atoms with E-state index in [1.807, 2.05) is 35.6 Å². The fraction of sp³-hybridized carbons (Fsp3) is 0.300. The smallest absolute Gasteiger partial charge is 0.387 e. The quantitative estimate of drug-likeness (QED) is 0.568. The van der Waals surface area contributed by atoms with Crippen LogP contribution in [-0.2, 0) is 9.59 Å². The number of amides is 2. The predicted octanol–water partition coefficient (Wildman–Crippen LogP) is 1.19. The number of rotatable bonds is 10. The molecule has 150 valence electrons. The highest BCUT2D eigenvalue weighted by Crippen LogP contribution is 2.22. The molecule has 6 nitrogen and oxygen atoms in total. The maximum atomic E-state index is 12.3. The molecular weight excluding hydrogens is 368 g/mol. The minimum atomic E-state index is -2.88. The molecule has 0 aromatic heterocycles. The molecule has 0 spiro atoms. The van der Waals surface area contributed by atoms with Gasteiger partial charge in [-0.15, -0.1) is 0 Å². The molecule has 0 saturated heterocycles. The van der Waals surface area contributed by atoms with Gasteiger partial charge in [0, 0.05) is 17.7 Å². The van der Waals surface area contributed by atoms with E-state index >= 15 is 0 Å². The van der Waals surface area contributed by atoms with Gasteiger partial charge in [-0.1, -0.05) is 30.3 Å². The number of likely N-dealkylation sites (N-methyl/N-ethyl adjacent to an activating group) is 1. The van der Waals surface area contributed by atoms with Crippen LogP contribution in [0, 0.1) is 0 Å². The Morgan fingerprint density at radius 2 is 1.61 bits per heavy atom. The van der Waals surface area contributed by atoms with E-state index in [9.17, 15) is 18.4 Å². The van der Waals surface area contributed by atoms with Gasteiger partial charge in [0.25, 0.3) is 5.91 Å². The molecule has 0 heterocycles. The number of hydrogen-bond acceptors (Lipinski definition) is 3. The van der Waals surface area contributed by atoms with Crippen molar-refractivity contribution in [2.24, 2.45) is 0 Å². The summed E-state index contributed by atoms with van der Waals surface area (Å²) < 4.78 is 29.0. The van der Waals surface area contributed by atoms with Crippen LogP contribution in [0.15, 0.2) is 54.6 Å². The van der Waals surface area contributed by atoms with Crippen LogP contribution in [0.2, 0.25) is 0 Å². The summed E-state index contributed by atoms with van der Waals surface area (Å²) in [4.78, 5) is 23.5. The number of alkyl halides is 2. The standard InChI is InChI=1S/C20H23F2N3O3/c1-2-23-17(26)12-24-18(27)13-25-19(14-6-4-3-5-7-14)15-8-10-16(11-9-15)28-20(21)22/h3-11,19-20,25H,2,12-13H2,1H3,(H,23,26)(H,24,27)/p+1/t19-/m1/s1. The molecular formula is C20H24F2N3O3+. The number of benzene rings is 2. The molecule has 0 unspecified atom stereocenters. The molecule has 0 bridgehead atoms. The lowest BCUT2D eigenvalue weighted by Gasteiger charge is -2.17. The Kier molecular flexibility index (Phi) is 8.36. The van der Waals surface area contributed by atoms with Crippen molar-refractivity contribution in [3.05, 3.63) is 65.7 Å². The summed E-state index contributed by atoms with van der Waals surface area (Å²) in [7, 11) is 0. The van der Waals surface area contributed by atoms with Crippen molar-refractivity contribution in [3.63, 3.8) is 0 Å². The maximum absolute atomic E-state index is 12.3. The van der Waals surface area contributed by atoms with Crippen LogP contribution in [0.25, 0.3) is 0 Å². The number of hydrogen-bond donors (Lipinski definition) is 3. The SMILES string of the molecule is CCNC(=O)CNC(=O)C[NH2+][C@H](c1ccccc1)c1ccc(OC(F)F)cc1. The van der Waals surface area contributed by atoms with Gasteiger partial charge in [-0.25, -0.2) is 0 Å². The van der Waals surface area contributed by atoms with Crippen LogP contribution in [0.3, 0.4) is 0 Å². The second-order valence-corrected chi connectivity index (χ2v) is 6.01. The molecule has 0 saturated carbocycles. The first kappa shape index (κ1) is 21.3. The van der Waals surface area contributed by atoms with Crippen LogP contribution in [0.5, 0.6) is 5.75 Å². The molecule has 0 radical (unpaired) electrons. The average Bonchev–Trinajstić information content (AvgIpc) is 2.68. The van der Waals surface area contributed by atoms with Crippen molar-refractivity contribution in [1.29, 1.82) is 0 Å². The zero-order valence-corrected chi connectivity index (χ0v) is 15.5. The lowest BCUT2D eigenvalue weighted by molar-refractivity contribution is -0.676. The number of quaternary nitrogens is 1. The number of ether oxygens (including phenoxy) is 1. The topological polar surface area (TPSA) is 84.0 Å². The van der Waals surface area contributed by atoms with Crippen LogP contribution in [0.1, 0.15) is 24.1 Å². The van der Waals surface area contributed by atoms with Gasteiger partial charge in [-0.3, -0.25) is 9.59 Å². The van der Waals surface area contributed by atoms with Gasteiger partial charge < -0.3 is 20.7 Å². The van der Waals surface area contributed by atoms with E-state index in [1.54, 1.807) is 19.1 Å². The van der Waals surface area contributed by atoms with E-state index in [2.05, 4.69) is 15.4 Å². The van der Waals surface area contributed by atoms with Gasteiger partial charge in [-0.2, -0.15) is 8.78 Å². The highest BCUT2D eigenvalue weighted by Gasteiger charge is 2.19. The lowest BCUT2D eigenvalue weighted by atomic mass is 9.98. The molecule has 0 aliphatic carbocycles. The van der Waals surface area contributed by atoms with Crippen molar-refractivity contribution in [3.8, 4) is 5.75 Å². The zero-order valence-electron chi connectivity index (χ0n) is 15.5. The van der Waals surface area contributed by atoms with Gasteiger partial charge in [-0.05, 0) is 31.2 Å². The molecule has 4 N–H and O–H groups in total. The molecule has 8 heteroatoms. The number of halogens is 2. The molecule has 2 aromatic carbocycles. The van der Waals surface area contributed by atoms with Crippen LogP contribution in [0.4, 0.5) is 8.78 Å². The highest BCUT2D eigenvalue weighted by molar-refractivity contribution is 5.84. The van der Waals surface area contributed by atoms with Crippen LogP contribution < -0.4 is 20.7 Å². The second-order valence-electron chi connectivity index (χ2n) is 6.01. The average molecular weight is 392 g/mol. The van der Waals surface area contributed by atoms with Gasteiger partial charge in [0.1, 0.15) is 11.8 Å². The van der Waals surface area contributed by atoms with E-state index in [-0.39, 0.29) is 36.7 Å². The monoisotopic (exact) mass is 392 g/mol. The van der Waals surface area contributed by atoms with Crippen molar-refractivity contribution < 1.29 is 28.4 Å². The Bertz CT molecular complexity index is 755.